The number of benzene rings is 1. The van der Waals surface area contributed by atoms with Crippen molar-refractivity contribution in [3.63, 3.8) is 0 Å². The van der Waals surface area contributed by atoms with E-state index in [1.807, 2.05) is 4.90 Å². The number of aliphatic hydroxyl groups is 1. The lowest BCUT2D eigenvalue weighted by molar-refractivity contribution is -0.132. The zero-order chi connectivity index (χ0) is 21.9. The number of halogens is 1. The molecule has 1 N–H and O–H groups in total. The average molecular weight is 422 g/mol. The van der Waals surface area contributed by atoms with Gasteiger partial charge >= 0.3 is 0 Å². The molecule has 8 heteroatoms. The predicted octanol–water partition coefficient (Wildman–Crippen LogP) is 1.42. The van der Waals surface area contributed by atoms with Gasteiger partial charge in [0, 0.05) is 52.6 Å². The molecule has 1 aromatic rings. The molecule has 2 fully saturated rings. The number of β-amino-alcohol motifs (C(OH)–C–C–N with tert-alkyl or cyclic N) is 1. The fourth-order valence-electron chi connectivity index (χ4n) is 4.33. The van der Waals surface area contributed by atoms with Crippen LogP contribution in [0.25, 0.3) is 0 Å². The van der Waals surface area contributed by atoms with Crippen LogP contribution in [0.2, 0.25) is 0 Å². The molecule has 2 aliphatic rings. The number of nitrogens with zero attached hydrogens (tertiary/aromatic N) is 3. The SMILES string of the molecule is CC(=O)N1CCC(N2CCN(C(C)=O)C[C@@](O)(COc3ccc(F)c(C)c3)C2)CC1. The van der Waals surface area contributed by atoms with Gasteiger partial charge in [0.15, 0.2) is 0 Å². The number of hydrogen-bond acceptors (Lipinski definition) is 5. The van der Waals surface area contributed by atoms with E-state index in [1.165, 1.54) is 13.0 Å². The molecular formula is C22H32FN3O4. The molecule has 1 atom stereocenters. The Bertz CT molecular complexity index is 782. The van der Waals surface area contributed by atoms with Crippen molar-refractivity contribution < 1.29 is 23.8 Å². The highest BCUT2D eigenvalue weighted by molar-refractivity contribution is 5.73. The zero-order valence-electron chi connectivity index (χ0n) is 18.1. The molecule has 166 valence electrons. The van der Waals surface area contributed by atoms with Crippen molar-refractivity contribution in [1.29, 1.82) is 0 Å². The van der Waals surface area contributed by atoms with Gasteiger partial charge in [-0.2, -0.15) is 0 Å². The number of carbonyl (C=O) groups is 2. The second kappa shape index (κ2) is 9.31. The van der Waals surface area contributed by atoms with E-state index in [4.69, 9.17) is 4.74 Å². The Morgan fingerprint density at radius 3 is 2.37 bits per heavy atom. The van der Waals surface area contributed by atoms with E-state index in [2.05, 4.69) is 4.90 Å². The van der Waals surface area contributed by atoms with Crippen LogP contribution in [0.5, 0.6) is 5.75 Å². The van der Waals surface area contributed by atoms with Gasteiger partial charge in [-0.3, -0.25) is 14.5 Å². The van der Waals surface area contributed by atoms with Gasteiger partial charge in [-0.05, 0) is 43.5 Å². The Kier molecular flexibility index (Phi) is 6.98. The minimum atomic E-state index is -1.25. The topological polar surface area (TPSA) is 73.3 Å². The molecule has 3 rings (SSSR count). The van der Waals surface area contributed by atoms with Gasteiger partial charge in [-0.25, -0.2) is 4.39 Å². The summed E-state index contributed by atoms with van der Waals surface area (Å²) in [7, 11) is 0. The normalized spacial score (nSPS) is 23.9. The highest BCUT2D eigenvalue weighted by Crippen LogP contribution is 2.24. The summed E-state index contributed by atoms with van der Waals surface area (Å²) in [6.07, 6.45) is 1.68. The number of aryl methyl sites for hydroxylation is 1. The van der Waals surface area contributed by atoms with Crippen molar-refractivity contribution in [2.24, 2.45) is 0 Å². The van der Waals surface area contributed by atoms with E-state index >= 15 is 0 Å². The Labute approximate surface area is 177 Å². The summed E-state index contributed by atoms with van der Waals surface area (Å²) in [6, 6.07) is 4.74. The van der Waals surface area contributed by atoms with E-state index < -0.39 is 5.60 Å². The molecule has 2 heterocycles. The van der Waals surface area contributed by atoms with Gasteiger partial charge in [0.05, 0.1) is 6.54 Å². The van der Waals surface area contributed by atoms with E-state index in [0.717, 1.165) is 12.8 Å². The quantitative estimate of drug-likeness (QED) is 0.796. The highest BCUT2D eigenvalue weighted by Gasteiger charge is 2.39. The lowest BCUT2D eigenvalue weighted by Crippen LogP contribution is -2.54. The molecule has 2 aliphatic heterocycles. The number of hydrogen-bond donors (Lipinski definition) is 1. The third-order valence-electron chi connectivity index (χ3n) is 6.15. The number of rotatable bonds is 4. The van der Waals surface area contributed by atoms with Crippen molar-refractivity contribution >= 4 is 11.8 Å². The molecular weight excluding hydrogens is 389 g/mol. The maximum absolute atomic E-state index is 13.5. The van der Waals surface area contributed by atoms with Crippen molar-refractivity contribution in [3.05, 3.63) is 29.6 Å². The second-order valence-electron chi connectivity index (χ2n) is 8.57. The van der Waals surface area contributed by atoms with Crippen molar-refractivity contribution in [2.75, 3.05) is 45.9 Å². The Morgan fingerprint density at radius 1 is 1.10 bits per heavy atom. The summed E-state index contributed by atoms with van der Waals surface area (Å²) in [4.78, 5) is 29.4. The first kappa shape index (κ1) is 22.5. The fraction of sp³-hybridized carbons (Fsp3) is 0.636. The molecule has 2 amide bonds. The number of piperidine rings is 1. The van der Waals surface area contributed by atoms with Crippen LogP contribution in [0.1, 0.15) is 32.3 Å². The summed E-state index contributed by atoms with van der Waals surface area (Å²) in [5, 5.41) is 11.4. The van der Waals surface area contributed by atoms with Crippen LogP contribution >= 0.6 is 0 Å². The summed E-state index contributed by atoms with van der Waals surface area (Å²) in [6.45, 7) is 7.94. The van der Waals surface area contributed by atoms with Gasteiger partial charge < -0.3 is 19.6 Å². The first-order valence-electron chi connectivity index (χ1n) is 10.5. The Morgan fingerprint density at radius 2 is 1.77 bits per heavy atom. The van der Waals surface area contributed by atoms with Crippen LogP contribution in [-0.2, 0) is 9.59 Å². The molecule has 30 heavy (non-hydrogen) atoms. The molecule has 0 radical (unpaired) electrons. The van der Waals surface area contributed by atoms with E-state index in [-0.39, 0.29) is 36.8 Å². The third kappa shape index (κ3) is 5.49. The number of ether oxygens (including phenoxy) is 1. The van der Waals surface area contributed by atoms with Crippen molar-refractivity contribution in [1.82, 2.24) is 14.7 Å². The molecule has 0 spiro atoms. The van der Waals surface area contributed by atoms with E-state index in [1.54, 1.807) is 30.9 Å². The summed E-state index contributed by atoms with van der Waals surface area (Å²) in [5.41, 5.74) is -0.771. The van der Waals surface area contributed by atoms with Gasteiger partial charge in [-0.1, -0.05) is 0 Å². The van der Waals surface area contributed by atoms with Crippen molar-refractivity contribution in [2.45, 2.75) is 45.3 Å². The standard InChI is InChI=1S/C22H32FN3O4/c1-16-12-20(4-5-21(16)23)30-15-22(29)13-25(18(3)28)10-11-26(14-22)19-6-8-24(9-7-19)17(2)27/h4-5,12,19,29H,6-11,13-15H2,1-3H3/t22-/m0/s1. The van der Waals surface area contributed by atoms with Gasteiger partial charge in [-0.15, -0.1) is 0 Å². The maximum Gasteiger partial charge on any atom is 0.219 e. The molecule has 2 saturated heterocycles. The Hall–Kier alpha value is -2.19. The van der Waals surface area contributed by atoms with Crippen LogP contribution in [0, 0.1) is 12.7 Å². The van der Waals surface area contributed by atoms with Crippen LogP contribution in [-0.4, -0.2) is 89.1 Å². The highest BCUT2D eigenvalue weighted by atomic mass is 19.1. The van der Waals surface area contributed by atoms with Crippen LogP contribution in [0.15, 0.2) is 18.2 Å². The smallest absolute Gasteiger partial charge is 0.219 e. The van der Waals surface area contributed by atoms with E-state index in [0.29, 0.717) is 44.0 Å². The number of carbonyl (C=O) groups excluding carboxylic acids is 2. The largest absolute Gasteiger partial charge is 0.490 e. The third-order valence-corrected chi connectivity index (χ3v) is 6.15. The minimum absolute atomic E-state index is 0.00461. The monoisotopic (exact) mass is 421 g/mol. The van der Waals surface area contributed by atoms with Crippen LogP contribution in [0.3, 0.4) is 0 Å². The summed E-state index contributed by atoms with van der Waals surface area (Å²) < 4.78 is 19.3. The molecule has 0 unspecified atom stereocenters. The lowest BCUT2D eigenvalue weighted by Gasteiger charge is -2.40. The number of amides is 2. The summed E-state index contributed by atoms with van der Waals surface area (Å²) in [5.74, 6) is 0.189. The summed E-state index contributed by atoms with van der Waals surface area (Å²) >= 11 is 0. The molecule has 0 aliphatic carbocycles. The second-order valence-corrected chi connectivity index (χ2v) is 8.57. The van der Waals surface area contributed by atoms with E-state index in [9.17, 15) is 19.1 Å². The maximum atomic E-state index is 13.5. The minimum Gasteiger partial charge on any atom is -0.490 e. The predicted molar refractivity (Wildman–Crippen MR) is 111 cm³/mol. The molecule has 0 aromatic heterocycles. The van der Waals surface area contributed by atoms with Crippen LogP contribution in [0.4, 0.5) is 4.39 Å². The fourth-order valence-corrected chi connectivity index (χ4v) is 4.33. The number of likely N-dealkylation sites (tertiary alicyclic amines) is 1. The molecule has 0 saturated carbocycles. The molecule has 0 bridgehead atoms. The van der Waals surface area contributed by atoms with Gasteiger partial charge in [0.1, 0.15) is 23.8 Å². The lowest BCUT2D eigenvalue weighted by atomic mass is 9.99. The molecule has 7 nitrogen and oxygen atoms in total. The zero-order valence-corrected chi connectivity index (χ0v) is 18.1. The Balaban J connectivity index is 1.70. The van der Waals surface area contributed by atoms with Crippen molar-refractivity contribution in [3.8, 4) is 5.75 Å². The van der Waals surface area contributed by atoms with Crippen LogP contribution < -0.4 is 4.74 Å². The first-order chi connectivity index (χ1) is 14.2. The molecule has 1 aromatic carbocycles. The van der Waals surface area contributed by atoms with Gasteiger partial charge in [0.2, 0.25) is 11.8 Å². The van der Waals surface area contributed by atoms with Gasteiger partial charge in [0.25, 0.3) is 0 Å². The first-order valence-corrected chi connectivity index (χ1v) is 10.5. The average Bonchev–Trinajstić information content (AvgIpc) is 2.89.